The topological polar surface area (TPSA) is 75.2 Å². The van der Waals surface area contributed by atoms with Crippen LogP contribution in [0.25, 0.3) is 0 Å². The molecule has 1 heterocycles. The van der Waals surface area contributed by atoms with E-state index in [1.54, 1.807) is 14.2 Å². The molecule has 9 heteroatoms. The van der Waals surface area contributed by atoms with Crippen molar-refractivity contribution in [3.05, 3.63) is 0 Å². The fourth-order valence-corrected chi connectivity index (χ4v) is 5.09. The number of amides is 1. The van der Waals surface area contributed by atoms with Crippen LogP contribution in [0.15, 0.2) is 0 Å². The van der Waals surface area contributed by atoms with Gasteiger partial charge in [-0.2, -0.15) is 0 Å². The maximum absolute atomic E-state index is 11.8. The van der Waals surface area contributed by atoms with Gasteiger partial charge in [0, 0.05) is 21.1 Å². The molecule has 0 aromatic carbocycles. The summed E-state index contributed by atoms with van der Waals surface area (Å²) < 4.78 is 29.8. The Morgan fingerprint density at radius 2 is 1.52 bits per heavy atom. The summed E-state index contributed by atoms with van der Waals surface area (Å²) in [6.45, 7) is 14.6. The molecule has 148 valence electrons. The number of ether oxygens (including phenoxy) is 3. The van der Waals surface area contributed by atoms with Crippen LogP contribution < -0.4 is 5.32 Å². The Labute approximate surface area is 153 Å². The standard InChI is InChI=1S/C16H35NO6Si2/c1-11(18)17-13-15(23-25(7,8)9)14(22-24(4,5)6)12(10-19-2)21-16(13)20-3/h12-16H,10H2,1-9H3,(H,17,18)/t12-,13-,14-,15-,16+/m1/s1. The second kappa shape index (κ2) is 9.07. The van der Waals surface area contributed by atoms with Gasteiger partial charge < -0.3 is 28.4 Å². The lowest BCUT2D eigenvalue weighted by molar-refractivity contribution is -0.257. The molecule has 0 aliphatic carbocycles. The number of carbonyl (C=O) groups excluding carboxylic acids is 1. The zero-order valence-electron chi connectivity index (χ0n) is 17.0. The first-order valence-electron chi connectivity index (χ1n) is 8.68. The van der Waals surface area contributed by atoms with Gasteiger partial charge in [-0.25, -0.2) is 0 Å². The summed E-state index contributed by atoms with van der Waals surface area (Å²) in [7, 11) is -0.611. The third kappa shape index (κ3) is 7.45. The molecule has 1 aliphatic heterocycles. The van der Waals surface area contributed by atoms with Gasteiger partial charge in [-0.05, 0) is 39.3 Å². The lowest BCUT2D eigenvalue weighted by Crippen LogP contribution is -2.68. The molecule has 1 rings (SSSR count). The second-order valence-electron chi connectivity index (χ2n) is 8.35. The molecule has 0 aromatic rings. The zero-order valence-corrected chi connectivity index (χ0v) is 19.0. The second-order valence-corrected chi connectivity index (χ2v) is 17.3. The number of carbonyl (C=O) groups is 1. The van der Waals surface area contributed by atoms with Crippen molar-refractivity contribution < 1.29 is 27.9 Å². The number of methoxy groups -OCH3 is 2. The minimum absolute atomic E-state index is 0.156. The van der Waals surface area contributed by atoms with Crippen LogP contribution in [-0.2, 0) is 27.9 Å². The van der Waals surface area contributed by atoms with Crippen LogP contribution in [0.2, 0.25) is 39.3 Å². The Kier molecular flexibility index (Phi) is 8.25. The van der Waals surface area contributed by atoms with Gasteiger partial charge in [0.05, 0.1) is 12.7 Å². The quantitative estimate of drug-likeness (QED) is 0.635. The van der Waals surface area contributed by atoms with Crippen molar-refractivity contribution in [3.63, 3.8) is 0 Å². The summed E-state index contributed by atoms with van der Waals surface area (Å²) in [5, 5.41) is 2.94. The van der Waals surface area contributed by atoms with Crippen molar-refractivity contribution in [2.45, 2.75) is 76.8 Å². The van der Waals surface area contributed by atoms with E-state index in [1.165, 1.54) is 6.92 Å². The van der Waals surface area contributed by atoms with Crippen LogP contribution in [0.4, 0.5) is 0 Å². The van der Waals surface area contributed by atoms with E-state index in [1.807, 2.05) is 0 Å². The number of hydrogen-bond acceptors (Lipinski definition) is 6. The third-order valence-electron chi connectivity index (χ3n) is 3.56. The van der Waals surface area contributed by atoms with Crippen molar-refractivity contribution in [1.82, 2.24) is 5.32 Å². The first-order valence-corrected chi connectivity index (χ1v) is 15.5. The van der Waals surface area contributed by atoms with E-state index >= 15 is 0 Å². The zero-order chi connectivity index (χ0) is 19.4. The lowest BCUT2D eigenvalue weighted by atomic mass is 9.97. The monoisotopic (exact) mass is 393 g/mol. The van der Waals surface area contributed by atoms with Crippen LogP contribution in [0, 0.1) is 0 Å². The lowest BCUT2D eigenvalue weighted by Gasteiger charge is -2.49. The molecular formula is C16H35NO6Si2. The number of nitrogens with one attached hydrogen (secondary N) is 1. The summed E-state index contributed by atoms with van der Waals surface area (Å²) in [6.07, 6.45) is -1.64. The number of hydrogen-bond donors (Lipinski definition) is 1. The van der Waals surface area contributed by atoms with Gasteiger partial charge in [0.2, 0.25) is 5.91 Å². The molecule has 25 heavy (non-hydrogen) atoms. The van der Waals surface area contributed by atoms with Gasteiger partial charge in [0.25, 0.3) is 0 Å². The maximum atomic E-state index is 11.8. The Morgan fingerprint density at radius 1 is 1.00 bits per heavy atom. The predicted octanol–water partition coefficient (Wildman–Crippen LogP) is 1.95. The molecule has 0 spiro atoms. The van der Waals surface area contributed by atoms with Crippen molar-refractivity contribution in [3.8, 4) is 0 Å². The molecule has 0 unspecified atom stereocenters. The van der Waals surface area contributed by atoms with Gasteiger partial charge in [-0.15, -0.1) is 0 Å². The van der Waals surface area contributed by atoms with E-state index in [2.05, 4.69) is 44.6 Å². The van der Waals surface area contributed by atoms with E-state index in [-0.39, 0.29) is 24.2 Å². The molecule has 0 radical (unpaired) electrons. The Balaban J connectivity index is 3.26. The van der Waals surface area contributed by atoms with Crippen LogP contribution in [-0.4, -0.2) is 74.0 Å². The summed E-state index contributed by atoms with van der Waals surface area (Å²) in [5.41, 5.74) is 0. The Morgan fingerprint density at radius 3 is 1.92 bits per heavy atom. The van der Waals surface area contributed by atoms with Crippen molar-refractivity contribution in [2.75, 3.05) is 20.8 Å². The largest absolute Gasteiger partial charge is 0.410 e. The van der Waals surface area contributed by atoms with Crippen LogP contribution in [0.5, 0.6) is 0 Å². The number of rotatable bonds is 8. The molecule has 1 amide bonds. The normalized spacial score (nSPS) is 31.0. The van der Waals surface area contributed by atoms with Gasteiger partial charge in [0.1, 0.15) is 18.2 Å². The fourth-order valence-electron chi connectivity index (χ4n) is 2.89. The highest BCUT2D eigenvalue weighted by Crippen LogP contribution is 2.30. The minimum Gasteiger partial charge on any atom is -0.410 e. The molecule has 0 aromatic heterocycles. The molecule has 0 bridgehead atoms. The van der Waals surface area contributed by atoms with E-state index in [9.17, 15) is 4.79 Å². The molecule has 1 aliphatic rings. The smallest absolute Gasteiger partial charge is 0.217 e. The fraction of sp³-hybridized carbons (Fsp3) is 0.938. The molecule has 5 atom stereocenters. The van der Waals surface area contributed by atoms with Crippen molar-refractivity contribution in [1.29, 1.82) is 0 Å². The van der Waals surface area contributed by atoms with Crippen molar-refractivity contribution in [2.24, 2.45) is 0 Å². The van der Waals surface area contributed by atoms with Gasteiger partial charge in [-0.1, -0.05) is 0 Å². The summed E-state index contributed by atoms with van der Waals surface area (Å²) in [5.74, 6) is -0.156. The highest BCUT2D eigenvalue weighted by atomic mass is 28.4. The van der Waals surface area contributed by atoms with Crippen LogP contribution in [0.1, 0.15) is 6.92 Å². The predicted molar refractivity (Wildman–Crippen MR) is 102 cm³/mol. The van der Waals surface area contributed by atoms with Crippen molar-refractivity contribution >= 4 is 22.5 Å². The van der Waals surface area contributed by atoms with Gasteiger partial charge in [-0.3, -0.25) is 4.79 Å². The molecular weight excluding hydrogens is 358 g/mol. The van der Waals surface area contributed by atoms with E-state index in [0.717, 1.165) is 0 Å². The third-order valence-corrected chi connectivity index (χ3v) is 5.52. The van der Waals surface area contributed by atoms with Crippen LogP contribution >= 0.6 is 0 Å². The first-order chi connectivity index (χ1) is 11.4. The summed E-state index contributed by atoms with van der Waals surface area (Å²) in [4.78, 5) is 11.8. The Hall–Kier alpha value is -0.296. The van der Waals surface area contributed by atoms with Gasteiger partial charge in [0.15, 0.2) is 22.9 Å². The molecule has 7 nitrogen and oxygen atoms in total. The van der Waals surface area contributed by atoms with Crippen LogP contribution in [0.3, 0.4) is 0 Å². The first kappa shape index (κ1) is 22.7. The maximum Gasteiger partial charge on any atom is 0.217 e. The highest BCUT2D eigenvalue weighted by molar-refractivity contribution is 6.70. The van der Waals surface area contributed by atoms with E-state index in [4.69, 9.17) is 23.1 Å². The molecule has 1 saturated heterocycles. The average Bonchev–Trinajstić information content (AvgIpc) is 2.42. The summed E-state index contributed by atoms with van der Waals surface area (Å²) >= 11 is 0. The van der Waals surface area contributed by atoms with E-state index < -0.39 is 29.0 Å². The Bertz CT molecular complexity index is 437. The summed E-state index contributed by atoms with van der Waals surface area (Å²) in [6, 6.07) is -0.441. The molecule has 0 saturated carbocycles. The average molecular weight is 394 g/mol. The van der Waals surface area contributed by atoms with E-state index in [0.29, 0.717) is 6.61 Å². The highest BCUT2D eigenvalue weighted by Gasteiger charge is 2.50. The SMILES string of the molecule is COC[C@H]1O[C@H](OC)[C@H](NC(C)=O)[C@@H](O[Si](C)(C)C)[C@@H]1O[Si](C)(C)C. The van der Waals surface area contributed by atoms with Gasteiger partial charge >= 0.3 is 0 Å². The minimum atomic E-state index is -1.92. The molecule has 1 fully saturated rings. The molecule has 1 N–H and O–H groups in total.